The largest absolute Gasteiger partial charge is 0.0851 e. The second kappa shape index (κ2) is 7.45. The Morgan fingerprint density at radius 2 is 1.80 bits per heavy atom. The summed E-state index contributed by atoms with van der Waals surface area (Å²) < 4.78 is 0. The second-order valence-electron chi connectivity index (χ2n) is 10.1. The summed E-state index contributed by atoms with van der Waals surface area (Å²) in [6, 6.07) is 0. The summed E-state index contributed by atoms with van der Waals surface area (Å²) in [6.07, 6.45) is 17.1. The first-order valence-electron chi connectivity index (χ1n) is 10.8. The van der Waals surface area contributed by atoms with Gasteiger partial charge in [-0.1, -0.05) is 57.1 Å². The summed E-state index contributed by atoms with van der Waals surface area (Å²) in [7, 11) is 0. The standard InChI is InChI=1S/C25H40/c1-17(2)21-14-16-25(6)15-13-18(3)7-10-22-19(4)8-11-23(22)20(5)9-12-24(21)25/h9,11,13,17,19,21-22,24H,7-8,10,12,14-16H2,1-6H3/b18-13-,20-9-/t19-,21-,22-,24+,25+/m1/s1. The van der Waals surface area contributed by atoms with Crippen LogP contribution in [0.2, 0.25) is 0 Å². The Bertz CT molecular complexity index is 573. The molecule has 0 heterocycles. The molecule has 3 rings (SSSR count). The van der Waals surface area contributed by atoms with Crippen LogP contribution < -0.4 is 0 Å². The zero-order chi connectivity index (χ0) is 18.2. The molecule has 0 bridgehead atoms. The van der Waals surface area contributed by atoms with E-state index in [1.54, 1.807) is 16.7 Å². The molecular weight excluding hydrogens is 300 g/mol. The smallest absolute Gasteiger partial charge is 0.0131 e. The summed E-state index contributed by atoms with van der Waals surface area (Å²) in [5.74, 6) is 4.18. The van der Waals surface area contributed by atoms with Gasteiger partial charge in [0.05, 0.1) is 0 Å². The monoisotopic (exact) mass is 340 g/mol. The molecule has 0 amide bonds. The van der Waals surface area contributed by atoms with Gasteiger partial charge in [0.25, 0.3) is 0 Å². The lowest BCUT2D eigenvalue weighted by molar-refractivity contribution is 0.170. The van der Waals surface area contributed by atoms with E-state index in [9.17, 15) is 0 Å². The molecule has 0 aliphatic heterocycles. The zero-order valence-corrected chi connectivity index (χ0v) is 17.6. The minimum absolute atomic E-state index is 0.503. The van der Waals surface area contributed by atoms with Crippen LogP contribution in [0.1, 0.15) is 86.5 Å². The van der Waals surface area contributed by atoms with Gasteiger partial charge in [-0.3, -0.25) is 0 Å². The fourth-order valence-electron chi connectivity index (χ4n) is 6.05. The van der Waals surface area contributed by atoms with Crippen LogP contribution in [-0.4, -0.2) is 0 Å². The molecule has 25 heavy (non-hydrogen) atoms. The molecule has 140 valence electrons. The highest BCUT2D eigenvalue weighted by Gasteiger charge is 2.44. The quantitative estimate of drug-likeness (QED) is 0.428. The van der Waals surface area contributed by atoms with Crippen LogP contribution in [0.3, 0.4) is 0 Å². The molecule has 0 nitrogen and oxygen atoms in total. The molecule has 0 aromatic rings. The Morgan fingerprint density at radius 1 is 1.04 bits per heavy atom. The van der Waals surface area contributed by atoms with Crippen LogP contribution in [-0.2, 0) is 0 Å². The van der Waals surface area contributed by atoms with E-state index in [4.69, 9.17) is 0 Å². The number of hydrogen-bond acceptors (Lipinski definition) is 0. The van der Waals surface area contributed by atoms with Gasteiger partial charge >= 0.3 is 0 Å². The van der Waals surface area contributed by atoms with Gasteiger partial charge in [0.15, 0.2) is 0 Å². The Hall–Kier alpha value is -0.780. The van der Waals surface area contributed by atoms with Crippen molar-refractivity contribution in [2.24, 2.45) is 35.0 Å². The van der Waals surface area contributed by atoms with Gasteiger partial charge in [-0.15, -0.1) is 0 Å². The molecule has 0 aromatic carbocycles. The van der Waals surface area contributed by atoms with E-state index in [-0.39, 0.29) is 0 Å². The van der Waals surface area contributed by atoms with E-state index in [2.05, 4.69) is 59.8 Å². The van der Waals surface area contributed by atoms with E-state index >= 15 is 0 Å². The lowest BCUT2D eigenvalue weighted by Gasteiger charge is -2.35. The molecular formula is C25H40. The van der Waals surface area contributed by atoms with Gasteiger partial charge < -0.3 is 0 Å². The highest BCUT2D eigenvalue weighted by molar-refractivity contribution is 5.35. The SMILES string of the molecule is C/C1=C/C[C@@]2(C)CC[C@H](C(C)C)[C@@H]2C/C=C(/C)C2=CC[C@@H](C)[C@H]2CC1. The minimum Gasteiger partial charge on any atom is -0.0851 e. The van der Waals surface area contributed by atoms with Crippen LogP contribution >= 0.6 is 0 Å². The molecule has 0 heteroatoms. The topological polar surface area (TPSA) is 0 Å². The molecule has 0 saturated heterocycles. The fraction of sp³-hybridized carbons (Fsp3) is 0.760. The van der Waals surface area contributed by atoms with Crippen LogP contribution in [0.4, 0.5) is 0 Å². The minimum atomic E-state index is 0.503. The van der Waals surface area contributed by atoms with Crippen molar-refractivity contribution in [2.45, 2.75) is 86.5 Å². The first-order chi connectivity index (χ1) is 11.8. The molecule has 0 radical (unpaired) electrons. The van der Waals surface area contributed by atoms with Crippen LogP contribution in [0.5, 0.6) is 0 Å². The van der Waals surface area contributed by atoms with Crippen molar-refractivity contribution >= 4 is 0 Å². The lowest BCUT2D eigenvalue weighted by Crippen LogP contribution is -2.27. The Balaban J connectivity index is 1.92. The molecule has 1 saturated carbocycles. The Labute approximate surface area is 156 Å². The summed E-state index contributed by atoms with van der Waals surface area (Å²) in [6.45, 7) is 14.7. The van der Waals surface area contributed by atoms with E-state index in [1.807, 2.05) is 0 Å². The summed E-state index contributed by atoms with van der Waals surface area (Å²) in [5, 5.41) is 0. The van der Waals surface area contributed by atoms with Crippen molar-refractivity contribution in [1.82, 2.24) is 0 Å². The fourth-order valence-corrected chi connectivity index (χ4v) is 6.05. The third-order valence-corrected chi connectivity index (χ3v) is 8.01. The molecule has 3 aliphatic carbocycles. The average molecular weight is 341 g/mol. The van der Waals surface area contributed by atoms with Crippen LogP contribution in [0.15, 0.2) is 34.9 Å². The number of fused-ring (bicyclic) bond motifs is 2. The van der Waals surface area contributed by atoms with Crippen molar-refractivity contribution in [3.63, 3.8) is 0 Å². The van der Waals surface area contributed by atoms with E-state index in [1.165, 1.54) is 44.9 Å². The van der Waals surface area contributed by atoms with Crippen molar-refractivity contribution < 1.29 is 0 Å². The van der Waals surface area contributed by atoms with Gasteiger partial charge in [0, 0.05) is 0 Å². The Kier molecular flexibility index (Phi) is 5.66. The zero-order valence-electron chi connectivity index (χ0n) is 17.6. The first-order valence-corrected chi connectivity index (χ1v) is 10.8. The number of hydrogen-bond donors (Lipinski definition) is 0. The van der Waals surface area contributed by atoms with E-state index < -0.39 is 0 Å². The molecule has 3 aliphatic rings. The summed E-state index contributed by atoms with van der Waals surface area (Å²) in [5.41, 5.74) is 5.41. The molecule has 5 atom stereocenters. The third-order valence-electron chi connectivity index (χ3n) is 8.01. The van der Waals surface area contributed by atoms with Gasteiger partial charge in [-0.2, -0.15) is 0 Å². The Morgan fingerprint density at radius 3 is 2.52 bits per heavy atom. The van der Waals surface area contributed by atoms with Gasteiger partial charge in [0.1, 0.15) is 0 Å². The van der Waals surface area contributed by atoms with E-state index in [0.29, 0.717) is 5.41 Å². The average Bonchev–Trinajstić information content (AvgIpc) is 3.09. The molecule has 1 fully saturated rings. The number of allylic oxidation sites excluding steroid dienone is 6. The maximum atomic E-state index is 2.62. The first kappa shape index (κ1) is 19.0. The summed E-state index contributed by atoms with van der Waals surface area (Å²) >= 11 is 0. The van der Waals surface area contributed by atoms with Crippen LogP contribution in [0.25, 0.3) is 0 Å². The van der Waals surface area contributed by atoms with Crippen molar-refractivity contribution in [3.05, 3.63) is 34.9 Å². The highest BCUT2D eigenvalue weighted by atomic mass is 14.5. The molecule has 0 unspecified atom stereocenters. The van der Waals surface area contributed by atoms with Crippen molar-refractivity contribution in [2.75, 3.05) is 0 Å². The predicted octanol–water partition coefficient (Wildman–Crippen LogP) is 7.72. The highest BCUT2D eigenvalue weighted by Crippen LogP contribution is 2.54. The van der Waals surface area contributed by atoms with E-state index in [0.717, 1.165) is 29.6 Å². The molecule has 0 N–H and O–H groups in total. The van der Waals surface area contributed by atoms with Crippen molar-refractivity contribution in [3.8, 4) is 0 Å². The third kappa shape index (κ3) is 3.83. The van der Waals surface area contributed by atoms with Gasteiger partial charge in [-0.25, -0.2) is 0 Å². The molecule has 0 spiro atoms. The van der Waals surface area contributed by atoms with Gasteiger partial charge in [0.2, 0.25) is 0 Å². The summed E-state index contributed by atoms with van der Waals surface area (Å²) in [4.78, 5) is 0. The van der Waals surface area contributed by atoms with Gasteiger partial charge in [-0.05, 0) is 99.4 Å². The maximum absolute atomic E-state index is 2.62. The van der Waals surface area contributed by atoms with Crippen molar-refractivity contribution in [1.29, 1.82) is 0 Å². The second-order valence-corrected chi connectivity index (χ2v) is 10.1. The van der Waals surface area contributed by atoms with Crippen LogP contribution in [0, 0.1) is 35.0 Å². The number of rotatable bonds is 1. The predicted molar refractivity (Wildman–Crippen MR) is 110 cm³/mol. The molecule has 0 aromatic heterocycles. The normalized spacial score (nSPS) is 43.9. The lowest BCUT2D eigenvalue weighted by atomic mass is 9.70. The maximum Gasteiger partial charge on any atom is -0.0131 e.